The van der Waals surface area contributed by atoms with Crippen molar-refractivity contribution in [3.8, 4) is 0 Å². The first-order chi connectivity index (χ1) is 8.75. The van der Waals surface area contributed by atoms with Crippen molar-refractivity contribution in [2.75, 3.05) is 5.32 Å². The number of hydrogen-bond acceptors (Lipinski definition) is 6. The van der Waals surface area contributed by atoms with Crippen molar-refractivity contribution >= 4 is 16.9 Å². The van der Waals surface area contributed by atoms with Crippen molar-refractivity contribution in [1.29, 1.82) is 0 Å². The molecule has 0 saturated carbocycles. The van der Waals surface area contributed by atoms with Gasteiger partial charge >= 0.3 is 0 Å². The summed E-state index contributed by atoms with van der Waals surface area (Å²) in [6.07, 6.45) is 4.73. The molecule has 0 fully saturated rings. The summed E-state index contributed by atoms with van der Waals surface area (Å²) in [5, 5.41) is 15.0. The van der Waals surface area contributed by atoms with Crippen LogP contribution in [-0.4, -0.2) is 34.9 Å². The van der Waals surface area contributed by atoms with Gasteiger partial charge in [-0.1, -0.05) is 0 Å². The molecule has 18 heavy (non-hydrogen) atoms. The first-order valence-corrected chi connectivity index (χ1v) is 5.50. The molecule has 3 aromatic heterocycles. The molecule has 0 aliphatic heterocycles. The molecule has 3 rings (SSSR count). The molecule has 0 aliphatic carbocycles. The molecular formula is C10H12N8. The molecule has 1 unspecified atom stereocenters. The van der Waals surface area contributed by atoms with E-state index in [0.717, 1.165) is 22.7 Å². The van der Waals surface area contributed by atoms with Crippen LogP contribution in [0.15, 0.2) is 18.9 Å². The number of nitrogens with one attached hydrogen (secondary N) is 2. The van der Waals surface area contributed by atoms with E-state index in [0.29, 0.717) is 0 Å². The first kappa shape index (κ1) is 10.6. The van der Waals surface area contributed by atoms with Gasteiger partial charge in [-0.25, -0.2) is 15.0 Å². The van der Waals surface area contributed by atoms with Gasteiger partial charge < -0.3 is 5.32 Å². The molecular weight excluding hydrogens is 232 g/mol. The van der Waals surface area contributed by atoms with E-state index >= 15 is 0 Å². The third-order valence-electron chi connectivity index (χ3n) is 2.73. The molecule has 2 N–H and O–H groups in total. The van der Waals surface area contributed by atoms with Gasteiger partial charge in [0, 0.05) is 7.05 Å². The van der Waals surface area contributed by atoms with Crippen LogP contribution in [0.2, 0.25) is 0 Å². The van der Waals surface area contributed by atoms with Crippen LogP contribution in [0, 0.1) is 0 Å². The van der Waals surface area contributed by atoms with Crippen LogP contribution >= 0.6 is 0 Å². The lowest BCUT2D eigenvalue weighted by Gasteiger charge is -2.11. The lowest BCUT2D eigenvalue weighted by molar-refractivity contribution is 0.783. The summed E-state index contributed by atoms with van der Waals surface area (Å²) in [6, 6.07) is -0.0224. The second-order valence-corrected chi connectivity index (χ2v) is 3.96. The number of anilines is 1. The minimum Gasteiger partial charge on any atom is -0.360 e. The monoisotopic (exact) mass is 244 g/mol. The van der Waals surface area contributed by atoms with Crippen molar-refractivity contribution in [1.82, 2.24) is 34.9 Å². The molecule has 8 heteroatoms. The highest BCUT2D eigenvalue weighted by molar-refractivity contribution is 5.86. The predicted molar refractivity (Wildman–Crippen MR) is 64.7 cm³/mol. The number of aromatic amines is 1. The molecule has 8 nitrogen and oxygen atoms in total. The Morgan fingerprint density at radius 3 is 2.94 bits per heavy atom. The molecule has 3 aromatic rings. The highest BCUT2D eigenvalue weighted by Gasteiger charge is 2.12. The van der Waals surface area contributed by atoms with Gasteiger partial charge in [0.25, 0.3) is 0 Å². The van der Waals surface area contributed by atoms with Gasteiger partial charge in [0.2, 0.25) is 0 Å². The zero-order valence-corrected chi connectivity index (χ0v) is 9.99. The Labute approximate surface area is 102 Å². The molecule has 0 spiro atoms. The first-order valence-electron chi connectivity index (χ1n) is 5.50. The van der Waals surface area contributed by atoms with Gasteiger partial charge in [-0.15, -0.1) is 0 Å². The maximum absolute atomic E-state index is 4.23. The predicted octanol–water partition coefficient (Wildman–Crippen LogP) is 0.654. The van der Waals surface area contributed by atoms with E-state index in [-0.39, 0.29) is 6.04 Å². The van der Waals surface area contributed by atoms with Gasteiger partial charge in [0.05, 0.1) is 17.6 Å². The second-order valence-electron chi connectivity index (χ2n) is 3.96. The van der Waals surface area contributed by atoms with Crippen LogP contribution in [0.3, 0.4) is 0 Å². The average molecular weight is 244 g/mol. The number of nitrogens with zero attached hydrogens (tertiary/aromatic N) is 6. The molecule has 1 atom stereocenters. The summed E-state index contributed by atoms with van der Waals surface area (Å²) < 4.78 is 1.71. The Bertz CT molecular complexity index is 656. The third kappa shape index (κ3) is 1.67. The number of H-pyrrole nitrogens is 1. The van der Waals surface area contributed by atoms with E-state index < -0.39 is 0 Å². The van der Waals surface area contributed by atoms with Crippen LogP contribution in [0.5, 0.6) is 0 Å². The molecule has 0 radical (unpaired) electrons. The zero-order chi connectivity index (χ0) is 12.5. The van der Waals surface area contributed by atoms with Crippen molar-refractivity contribution in [3.63, 3.8) is 0 Å². The third-order valence-corrected chi connectivity index (χ3v) is 2.73. The minimum atomic E-state index is -0.0224. The van der Waals surface area contributed by atoms with Gasteiger partial charge in [-0.05, 0) is 6.92 Å². The fourth-order valence-corrected chi connectivity index (χ4v) is 1.77. The maximum Gasteiger partial charge on any atom is 0.163 e. The molecule has 0 aromatic carbocycles. The molecule has 0 amide bonds. The summed E-state index contributed by atoms with van der Waals surface area (Å²) in [4.78, 5) is 12.5. The largest absolute Gasteiger partial charge is 0.360 e. The summed E-state index contributed by atoms with van der Waals surface area (Å²) in [7, 11) is 1.85. The zero-order valence-electron chi connectivity index (χ0n) is 9.99. The fourth-order valence-electron chi connectivity index (χ4n) is 1.77. The second kappa shape index (κ2) is 4.06. The van der Waals surface area contributed by atoms with Crippen molar-refractivity contribution in [2.45, 2.75) is 13.0 Å². The normalized spacial score (nSPS) is 12.8. The van der Waals surface area contributed by atoms with Gasteiger partial charge in [0.15, 0.2) is 5.65 Å². The summed E-state index contributed by atoms with van der Waals surface area (Å²) in [6.45, 7) is 1.98. The van der Waals surface area contributed by atoms with Crippen LogP contribution in [0.25, 0.3) is 11.0 Å². The molecule has 0 saturated heterocycles. The van der Waals surface area contributed by atoms with Crippen molar-refractivity contribution in [3.05, 3.63) is 24.7 Å². The highest BCUT2D eigenvalue weighted by Crippen LogP contribution is 2.21. The van der Waals surface area contributed by atoms with Gasteiger partial charge in [-0.3, -0.25) is 9.78 Å². The van der Waals surface area contributed by atoms with E-state index in [1.165, 1.54) is 12.7 Å². The molecule has 0 aliphatic rings. The van der Waals surface area contributed by atoms with E-state index in [2.05, 4.69) is 35.6 Å². The van der Waals surface area contributed by atoms with Crippen LogP contribution in [-0.2, 0) is 7.05 Å². The molecule has 0 bridgehead atoms. The highest BCUT2D eigenvalue weighted by atomic mass is 15.3. The van der Waals surface area contributed by atoms with Crippen LogP contribution in [0.4, 0.5) is 5.82 Å². The standard InChI is InChI=1S/C10H12N8/c1-6(8-12-5-14-17-8)16-9-7-3-15-18(2)10(7)13-4-11-9/h3-6H,1-2H3,(H,11,13,16)(H,12,14,17). The summed E-state index contributed by atoms with van der Waals surface area (Å²) in [5.74, 6) is 1.49. The lowest BCUT2D eigenvalue weighted by atomic mass is 10.3. The number of aryl methyl sites for hydroxylation is 1. The average Bonchev–Trinajstić information content (AvgIpc) is 3.00. The maximum atomic E-state index is 4.23. The van der Waals surface area contributed by atoms with Crippen molar-refractivity contribution in [2.24, 2.45) is 7.05 Å². The SMILES string of the molecule is CC(Nc1ncnc2c1cnn2C)c1ncn[nH]1. The lowest BCUT2D eigenvalue weighted by Crippen LogP contribution is -2.10. The number of rotatable bonds is 3. The molecule has 92 valence electrons. The topological polar surface area (TPSA) is 97.2 Å². The number of hydrogen-bond donors (Lipinski definition) is 2. The number of fused-ring (bicyclic) bond motifs is 1. The summed E-state index contributed by atoms with van der Waals surface area (Å²) in [5.41, 5.74) is 0.789. The van der Waals surface area contributed by atoms with Crippen LogP contribution in [0.1, 0.15) is 18.8 Å². The van der Waals surface area contributed by atoms with Gasteiger partial charge in [0.1, 0.15) is 24.3 Å². The summed E-state index contributed by atoms with van der Waals surface area (Å²) >= 11 is 0. The van der Waals surface area contributed by atoms with Crippen molar-refractivity contribution < 1.29 is 0 Å². The van der Waals surface area contributed by atoms with E-state index in [1.807, 2.05) is 14.0 Å². The Morgan fingerprint density at radius 2 is 2.17 bits per heavy atom. The quantitative estimate of drug-likeness (QED) is 0.702. The Balaban J connectivity index is 1.95. The molecule has 3 heterocycles. The number of aromatic nitrogens is 7. The van der Waals surface area contributed by atoms with E-state index in [1.54, 1.807) is 10.9 Å². The fraction of sp³-hybridized carbons (Fsp3) is 0.300. The Kier molecular flexibility index (Phi) is 2.40. The Morgan fingerprint density at radius 1 is 1.28 bits per heavy atom. The van der Waals surface area contributed by atoms with E-state index in [4.69, 9.17) is 0 Å². The minimum absolute atomic E-state index is 0.0224. The van der Waals surface area contributed by atoms with E-state index in [9.17, 15) is 0 Å². The van der Waals surface area contributed by atoms with Crippen LogP contribution < -0.4 is 5.32 Å². The smallest absolute Gasteiger partial charge is 0.163 e. The Hall–Kier alpha value is -2.51. The van der Waals surface area contributed by atoms with Gasteiger partial charge in [-0.2, -0.15) is 10.2 Å².